The number of aryl methyl sites for hydroxylation is 1. The molecule has 0 N–H and O–H groups in total. The number of hydrogen-bond donors (Lipinski definition) is 0. The molecule has 1 saturated heterocycles. The minimum absolute atomic E-state index is 0.143. The molecule has 7 heteroatoms. The van der Waals surface area contributed by atoms with Crippen LogP contribution in [-0.4, -0.2) is 51.9 Å². The predicted molar refractivity (Wildman–Crippen MR) is 109 cm³/mol. The van der Waals surface area contributed by atoms with Crippen molar-refractivity contribution in [2.24, 2.45) is 0 Å². The predicted octanol–water partition coefficient (Wildman–Crippen LogP) is 3.26. The van der Waals surface area contributed by atoms with Crippen molar-refractivity contribution in [3.8, 4) is 11.4 Å². The first-order valence-electron chi connectivity index (χ1n) is 9.58. The van der Waals surface area contributed by atoms with E-state index in [9.17, 15) is 9.18 Å². The summed E-state index contributed by atoms with van der Waals surface area (Å²) in [5.41, 5.74) is 3.21. The van der Waals surface area contributed by atoms with Gasteiger partial charge in [0.05, 0.1) is 0 Å². The van der Waals surface area contributed by atoms with Crippen molar-refractivity contribution in [1.82, 2.24) is 19.9 Å². The zero-order valence-electron chi connectivity index (χ0n) is 16.5. The van der Waals surface area contributed by atoms with Gasteiger partial charge in [-0.15, -0.1) is 0 Å². The second kappa shape index (κ2) is 7.95. The fourth-order valence-corrected chi connectivity index (χ4v) is 3.47. The molecule has 1 aromatic carbocycles. The van der Waals surface area contributed by atoms with Crippen molar-refractivity contribution >= 4 is 11.7 Å². The van der Waals surface area contributed by atoms with E-state index in [1.807, 2.05) is 26.0 Å². The van der Waals surface area contributed by atoms with Crippen LogP contribution in [-0.2, 0) is 0 Å². The Hall–Kier alpha value is -3.35. The summed E-state index contributed by atoms with van der Waals surface area (Å²) in [7, 11) is 0. The number of halogens is 1. The monoisotopic (exact) mass is 391 g/mol. The van der Waals surface area contributed by atoms with Gasteiger partial charge >= 0.3 is 0 Å². The lowest BCUT2D eigenvalue weighted by Gasteiger charge is -2.36. The maximum atomic E-state index is 13.4. The molecule has 3 heterocycles. The van der Waals surface area contributed by atoms with Gasteiger partial charge in [0.1, 0.15) is 11.6 Å². The van der Waals surface area contributed by atoms with Gasteiger partial charge in [0.15, 0.2) is 5.82 Å². The van der Waals surface area contributed by atoms with E-state index in [0.29, 0.717) is 37.6 Å². The van der Waals surface area contributed by atoms with Crippen LogP contribution in [0, 0.1) is 19.7 Å². The number of amides is 1. The summed E-state index contributed by atoms with van der Waals surface area (Å²) in [6, 6.07) is 9.64. The second-order valence-electron chi connectivity index (χ2n) is 7.11. The Morgan fingerprint density at radius 2 is 1.83 bits per heavy atom. The third-order valence-electron chi connectivity index (χ3n) is 5.22. The molecule has 6 nitrogen and oxygen atoms in total. The Kier molecular flexibility index (Phi) is 5.20. The van der Waals surface area contributed by atoms with Gasteiger partial charge in [-0.25, -0.2) is 14.4 Å². The highest BCUT2D eigenvalue weighted by atomic mass is 19.1. The van der Waals surface area contributed by atoms with Crippen LogP contribution in [0.15, 0.2) is 48.8 Å². The highest BCUT2D eigenvalue weighted by molar-refractivity contribution is 5.94. The van der Waals surface area contributed by atoms with E-state index in [1.54, 1.807) is 29.4 Å². The van der Waals surface area contributed by atoms with Crippen molar-refractivity contribution in [2.75, 3.05) is 31.1 Å². The standard InChI is InChI=1S/C22H22FN5O/c1-15-16(2)25-20(18-6-4-8-24-14-18)26-21(15)27-9-11-28(12-10-27)22(29)17-5-3-7-19(23)13-17/h3-8,13-14H,9-12H2,1-2H3. The Bertz CT molecular complexity index is 1030. The molecule has 1 amide bonds. The lowest BCUT2D eigenvalue weighted by Crippen LogP contribution is -2.49. The molecule has 0 bridgehead atoms. The Morgan fingerprint density at radius 3 is 2.52 bits per heavy atom. The third-order valence-corrected chi connectivity index (χ3v) is 5.22. The van der Waals surface area contributed by atoms with Crippen LogP contribution in [0.4, 0.5) is 10.2 Å². The van der Waals surface area contributed by atoms with Gasteiger partial charge in [-0.1, -0.05) is 6.07 Å². The molecule has 1 fully saturated rings. The molecule has 1 aliphatic rings. The number of carbonyl (C=O) groups is 1. The zero-order chi connectivity index (χ0) is 20.4. The number of aromatic nitrogens is 3. The topological polar surface area (TPSA) is 62.2 Å². The lowest BCUT2D eigenvalue weighted by atomic mass is 10.1. The maximum absolute atomic E-state index is 13.4. The average Bonchev–Trinajstić information content (AvgIpc) is 2.76. The summed E-state index contributed by atoms with van der Waals surface area (Å²) in [4.78, 5) is 30.2. The highest BCUT2D eigenvalue weighted by Gasteiger charge is 2.25. The van der Waals surface area contributed by atoms with Gasteiger partial charge in [0.2, 0.25) is 0 Å². The fourth-order valence-electron chi connectivity index (χ4n) is 3.47. The first-order valence-corrected chi connectivity index (χ1v) is 9.58. The average molecular weight is 391 g/mol. The third kappa shape index (κ3) is 3.94. The molecule has 0 radical (unpaired) electrons. The molecule has 0 unspecified atom stereocenters. The largest absolute Gasteiger partial charge is 0.353 e. The van der Waals surface area contributed by atoms with E-state index in [-0.39, 0.29) is 5.91 Å². The summed E-state index contributed by atoms with van der Waals surface area (Å²) in [5, 5.41) is 0. The van der Waals surface area contributed by atoms with Crippen molar-refractivity contribution in [2.45, 2.75) is 13.8 Å². The zero-order valence-corrected chi connectivity index (χ0v) is 16.5. The van der Waals surface area contributed by atoms with Crippen LogP contribution in [0.1, 0.15) is 21.6 Å². The molecule has 0 saturated carbocycles. The van der Waals surface area contributed by atoms with Gasteiger partial charge in [-0.05, 0) is 44.2 Å². The molecular weight excluding hydrogens is 369 g/mol. The van der Waals surface area contributed by atoms with Crippen molar-refractivity contribution in [1.29, 1.82) is 0 Å². The Labute approximate surface area is 169 Å². The normalized spacial score (nSPS) is 14.2. The van der Waals surface area contributed by atoms with Crippen LogP contribution in [0.2, 0.25) is 0 Å². The van der Waals surface area contributed by atoms with E-state index in [2.05, 4.69) is 14.9 Å². The van der Waals surface area contributed by atoms with Crippen molar-refractivity contribution < 1.29 is 9.18 Å². The molecule has 0 atom stereocenters. The number of piperazine rings is 1. The van der Waals surface area contributed by atoms with E-state index < -0.39 is 5.82 Å². The molecule has 29 heavy (non-hydrogen) atoms. The van der Waals surface area contributed by atoms with E-state index in [4.69, 9.17) is 4.98 Å². The minimum Gasteiger partial charge on any atom is -0.353 e. The van der Waals surface area contributed by atoms with Crippen molar-refractivity contribution in [3.63, 3.8) is 0 Å². The molecule has 4 rings (SSSR count). The summed E-state index contributed by atoms with van der Waals surface area (Å²) in [6.45, 7) is 6.42. The Morgan fingerprint density at radius 1 is 1.03 bits per heavy atom. The number of hydrogen-bond acceptors (Lipinski definition) is 5. The minimum atomic E-state index is -0.399. The van der Waals surface area contributed by atoms with Gasteiger partial charge in [-0.2, -0.15) is 0 Å². The van der Waals surface area contributed by atoms with Crippen LogP contribution in [0.5, 0.6) is 0 Å². The molecule has 148 valence electrons. The maximum Gasteiger partial charge on any atom is 0.254 e. The number of pyridine rings is 1. The van der Waals surface area contributed by atoms with E-state index >= 15 is 0 Å². The van der Waals surface area contributed by atoms with E-state index in [1.165, 1.54) is 12.1 Å². The number of benzene rings is 1. The number of anilines is 1. The van der Waals surface area contributed by atoms with Crippen LogP contribution in [0.3, 0.4) is 0 Å². The summed E-state index contributed by atoms with van der Waals surface area (Å²) in [6.07, 6.45) is 3.48. The van der Waals surface area contributed by atoms with Gasteiger partial charge in [0, 0.05) is 61.0 Å². The number of nitrogens with zero attached hydrogens (tertiary/aromatic N) is 5. The lowest BCUT2D eigenvalue weighted by molar-refractivity contribution is 0.0746. The summed E-state index contributed by atoms with van der Waals surface area (Å²) < 4.78 is 13.4. The molecule has 3 aromatic rings. The van der Waals surface area contributed by atoms with Gasteiger partial charge in [-0.3, -0.25) is 9.78 Å². The smallest absolute Gasteiger partial charge is 0.254 e. The Balaban J connectivity index is 1.53. The number of carbonyl (C=O) groups excluding carboxylic acids is 1. The van der Waals surface area contributed by atoms with Crippen molar-refractivity contribution in [3.05, 3.63) is 71.4 Å². The van der Waals surface area contributed by atoms with Crippen LogP contribution in [0.25, 0.3) is 11.4 Å². The molecular formula is C22H22FN5O. The summed E-state index contributed by atoms with van der Waals surface area (Å²) in [5.74, 6) is 0.990. The van der Waals surface area contributed by atoms with Crippen LogP contribution < -0.4 is 4.90 Å². The van der Waals surface area contributed by atoms with Gasteiger partial charge < -0.3 is 9.80 Å². The SMILES string of the molecule is Cc1nc(-c2cccnc2)nc(N2CCN(C(=O)c3cccc(F)c3)CC2)c1C. The fraction of sp³-hybridized carbons (Fsp3) is 0.273. The summed E-state index contributed by atoms with van der Waals surface area (Å²) >= 11 is 0. The first kappa shape index (κ1) is 19.0. The first-order chi connectivity index (χ1) is 14.0. The molecule has 0 spiro atoms. The molecule has 0 aliphatic carbocycles. The number of rotatable bonds is 3. The quantitative estimate of drug-likeness (QED) is 0.686. The van der Waals surface area contributed by atoms with Gasteiger partial charge in [0.25, 0.3) is 5.91 Å². The molecule has 1 aliphatic heterocycles. The molecule has 2 aromatic heterocycles. The highest BCUT2D eigenvalue weighted by Crippen LogP contribution is 2.25. The second-order valence-corrected chi connectivity index (χ2v) is 7.11. The van der Waals surface area contributed by atoms with Crippen LogP contribution >= 0.6 is 0 Å². The van der Waals surface area contributed by atoms with E-state index in [0.717, 1.165) is 22.6 Å².